The highest BCUT2D eigenvalue weighted by atomic mass is 14.5. The Labute approximate surface area is 62.9 Å². The van der Waals surface area contributed by atoms with Crippen LogP contribution >= 0.6 is 0 Å². The predicted octanol–water partition coefficient (Wildman–Crippen LogP) is 2.36. The molecule has 1 heteroatoms. The topological polar surface area (TPSA) is 26.0 Å². The molecule has 0 unspecified atom stereocenters. The van der Waals surface area contributed by atoms with Crippen LogP contribution in [0.15, 0.2) is 29.2 Å². The van der Waals surface area contributed by atoms with Crippen molar-refractivity contribution in [2.45, 2.75) is 27.2 Å². The minimum absolute atomic E-state index is 0.990. The van der Waals surface area contributed by atoms with Gasteiger partial charge in [-0.05, 0) is 43.7 Å². The molecule has 0 bridgehead atoms. The van der Waals surface area contributed by atoms with Crippen molar-refractivity contribution in [3.63, 3.8) is 0 Å². The molecule has 0 rings (SSSR count). The molecule has 0 spiro atoms. The summed E-state index contributed by atoms with van der Waals surface area (Å²) in [6.45, 7) is 6.05. The third-order valence-corrected chi connectivity index (χ3v) is 1.40. The van der Waals surface area contributed by atoms with Crippen LogP contribution in [0.4, 0.5) is 0 Å². The molecular weight excluding hydrogens is 122 g/mol. The van der Waals surface area contributed by atoms with Gasteiger partial charge in [-0.25, -0.2) is 0 Å². The van der Waals surface area contributed by atoms with E-state index >= 15 is 0 Å². The molecule has 0 amide bonds. The fourth-order valence-corrected chi connectivity index (χ4v) is 0.770. The van der Waals surface area contributed by atoms with E-state index in [1.165, 1.54) is 5.57 Å². The molecule has 0 aliphatic rings. The summed E-state index contributed by atoms with van der Waals surface area (Å²) in [4.78, 5) is 0. The summed E-state index contributed by atoms with van der Waals surface area (Å²) in [5.74, 6) is 0. The van der Waals surface area contributed by atoms with Crippen LogP contribution in [0.25, 0.3) is 0 Å². The highest BCUT2D eigenvalue weighted by molar-refractivity contribution is 5.26. The van der Waals surface area contributed by atoms with Crippen molar-refractivity contribution in [1.29, 1.82) is 0 Å². The van der Waals surface area contributed by atoms with Crippen LogP contribution in [0.1, 0.15) is 27.2 Å². The van der Waals surface area contributed by atoms with Crippen molar-refractivity contribution in [3.05, 3.63) is 29.2 Å². The second-order valence-electron chi connectivity index (χ2n) is 2.11. The largest absolute Gasteiger partial charge is 0.404 e. The summed E-state index contributed by atoms with van der Waals surface area (Å²) in [7, 11) is 0. The van der Waals surface area contributed by atoms with Crippen LogP contribution in [0.3, 0.4) is 0 Å². The van der Waals surface area contributed by atoms with E-state index in [-0.39, 0.29) is 0 Å². The predicted molar refractivity (Wildman–Crippen MR) is 45.5 cm³/mol. The summed E-state index contributed by atoms with van der Waals surface area (Å²) in [6.07, 6.45) is 4.52. The lowest BCUT2D eigenvalue weighted by Gasteiger charge is -1.97. The van der Waals surface area contributed by atoms with Gasteiger partial charge in [-0.1, -0.05) is 6.92 Å². The van der Waals surface area contributed by atoms with E-state index in [0.29, 0.717) is 0 Å². The normalized spacial score (nSPS) is 10.5. The Morgan fingerprint density at radius 2 is 2.20 bits per heavy atom. The zero-order chi connectivity index (χ0) is 7.98. The molecule has 0 aromatic carbocycles. The van der Waals surface area contributed by atoms with Crippen molar-refractivity contribution >= 4 is 0 Å². The quantitative estimate of drug-likeness (QED) is 0.459. The molecule has 0 saturated heterocycles. The first-order chi connectivity index (χ1) is 4.76. The van der Waals surface area contributed by atoms with E-state index in [4.69, 9.17) is 5.73 Å². The van der Waals surface area contributed by atoms with E-state index < -0.39 is 0 Å². The first-order valence-corrected chi connectivity index (χ1v) is 3.55. The molecule has 0 aliphatic heterocycles. The van der Waals surface area contributed by atoms with Crippen molar-refractivity contribution in [3.8, 4) is 0 Å². The smallest absolute Gasteiger partial charge is 0.00231 e. The third-order valence-electron chi connectivity index (χ3n) is 1.40. The number of rotatable bonds is 2. The second-order valence-corrected chi connectivity index (χ2v) is 2.11. The van der Waals surface area contributed by atoms with Gasteiger partial charge in [0.15, 0.2) is 0 Å². The summed E-state index contributed by atoms with van der Waals surface area (Å²) >= 11 is 0. The van der Waals surface area contributed by atoms with Crippen molar-refractivity contribution in [2.24, 2.45) is 5.73 Å². The Balaban J connectivity index is 4.54. The molecule has 0 aliphatic carbocycles. The minimum Gasteiger partial charge on any atom is -0.404 e. The Morgan fingerprint density at radius 1 is 1.60 bits per heavy atom. The number of hydrogen-bond donors (Lipinski definition) is 1. The van der Waals surface area contributed by atoms with Gasteiger partial charge in [0.05, 0.1) is 0 Å². The Kier molecular flexibility index (Phi) is 4.43. The molecular formula is C9H15N. The van der Waals surface area contributed by atoms with Crippen LogP contribution < -0.4 is 5.73 Å². The lowest BCUT2D eigenvalue weighted by molar-refractivity contribution is 1.10. The van der Waals surface area contributed by atoms with Crippen LogP contribution in [-0.4, -0.2) is 0 Å². The van der Waals surface area contributed by atoms with Gasteiger partial charge in [0.25, 0.3) is 0 Å². The van der Waals surface area contributed by atoms with Gasteiger partial charge in [0.2, 0.25) is 0 Å². The van der Waals surface area contributed by atoms with Gasteiger partial charge in [0.1, 0.15) is 0 Å². The highest BCUT2D eigenvalue weighted by Crippen LogP contribution is 2.09. The van der Waals surface area contributed by atoms with Gasteiger partial charge in [-0.3, -0.25) is 0 Å². The van der Waals surface area contributed by atoms with Crippen LogP contribution in [0.2, 0.25) is 0 Å². The van der Waals surface area contributed by atoms with E-state index in [0.717, 1.165) is 12.0 Å². The van der Waals surface area contributed by atoms with Crippen LogP contribution in [-0.2, 0) is 0 Å². The Morgan fingerprint density at radius 3 is 2.50 bits per heavy atom. The lowest BCUT2D eigenvalue weighted by Crippen LogP contribution is -1.87. The molecule has 0 radical (unpaired) electrons. The van der Waals surface area contributed by atoms with E-state index in [1.807, 2.05) is 19.9 Å². The summed E-state index contributed by atoms with van der Waals surface area (Å²) in [6, 6.07) is 0. The van der Waals surface area contributed by atoms with E-state index in [9.17, 15) is 0 Å². The monoisotopic (exact) mass is 137 g/mol. The van der Waals surface area contributed by atoms with Gasteiger partial charge in [-0.2, -0.15) is 0 Å². The number of nitrogens with two attached hydrogens (primary N) is 1. The zero-order valence-electron chi connectivity index (χ0n) is 6.94. The molecule has 1 nitrogen and oxygen atoms in total. The summed E-state index contributed by atoms with van der Waals surface area (Å²) in [5.41, 5.74) is 10.8. The highest BCUT2D eigenvalue weighted by Gasteiger charge is 1.92. The van der Waals surface area contributed by atoms with Crippen molar-refractivity contribution < 1.29 is 0 Å². The van der Waals surface area contributed by atoms with Crippen LogP contribution in [0, 0.1) is 0 Å². The van der Waals surface area contributed by atoms with E-state index in [2.05, 4.69) is 12.7 Å². The molecule has 0 aromatic heterocycles. The Hall–Kier alpha value is -0.940. The number of hydrogen-bond acceptors (Lipinski definition) is 1. The van der Waals surface area contributed by atoms with Crippen molar-refractivity contribution in [2.75, 3.05) is 0 Å². The summed E-state index contributed by atoms with van der Waals surface area (Å²) in [5, 5.41) is 0. The van der Waals surface area contributed by atoms with Gasteiger partial charge in [0, 0.05) is 0 Å². The molecule has 56 valence electrons. The summed E-state index contributed by atoms with van der Waals surface area (Å²) < 4.78 is 0. The first kappa shape index (κ1) is 9.06. The molecule has 0 aromatic rings. The standard InChI is InChI=1S/C9H15N/c1-4-6-9(5-2)8(3)7-10/h4,7H,5,10H2,1-3H3/b8-7-. The SMILES string of the molecule is CC=C=C(CC)/C(C)=C\N. The lowest BCUT2D eigenvalue weighted by atomic mass is 10.1. The van der Waals surface area contributed by atoms with E-state index in [1.54, 1.807) is 6.20 Å². The van der Waals surface area contributed by atoms with Crippen LogP contribution in [0.5, 0.6) is 0 Å². The fraction of sp³-hybridized carbons (Fsp3) is 0.444. The van der Waals surface area contributed by atoms with Gasteiger partial charge >= 0.3 is 0 Å². The molecule has 0 heterocycles. The average molecular weight is 137 g/mol. The molecule has 2 N–H and O–H groups in total. The maximum absolute atomic E-state index is 5.34. The van der Waals surface area contributed by atoms with Crippen molar-refractivity contribution in [1.82, 2.24) is 0 Å². The van der Waals surface area contributed by atoms with Gasteiger partial charge in [-0.15, -0.1) is 5.73 Å². The third kappa shape index (κ3) is 2.56. The molecule has 0 atom stereocenters. The Bertz CT molecular complexity index is 181. The molecule has 0 saturated carbocycles. The minimum atomic E-state index is 0.990. The second kappa shape index (κ2) is 4.89. The molecule has 0 fully saturated rings. The first-order valence-electron chi connectivity index (χ1n) is 3.55. The number of allylic oxidation sites excluding steroid dienone is 2. The fourth-order valence-electron chi connectivity index (χ4n) is 0.770. The maximum atomic E-state index is 5.34. The average Bonchev–Trinajstić information content (AvgIpc) is 1.99. The maximum Gasteiger partial charge on any atom is -0.00231 e. The molecule has 10 heavy (non-hydrogen) atoms. The van der Waals surface area contributed by atoms with Gasteiger partial charge < -0.3 is 5.73 Å². The zero-order valence-corrected chi connectivity index (χ0v) is 6.94.